The smallest absolute Gasteiger partial charge is 0.287 e. The van der Waals surface area contributed by atoms with Crippen LogP contribution in [-0.2, 0) is 19.3 Å². The highest BCUT2D eigenvalue weighted by Crippen LogP contribution is 2.00. The van der Waals surface area contributed by atoms with E-state index in [0.717, 1.165) is 51.4 Å². The van der Waals surface area contributed by atoms with Crippen molar-refractivity contribution in [1.29, 1.82) is 0 Å². The molecule has 0 aromatic heterocycles. The van der Waals surface area contributed by atoms with Crippen molar-refractivity contribution >= 4 is 11.9 Å². The van der Waals surface area contributed by atoms with Crippen molar-refractivity contribution in [3.8, 4) is 0 Å². The highest BCUT2D eigenvalue weighted by Gasteiger charge is 2.18. The molecule has 0 N–H and O–H groups in total. The van der Waals surface area contributed by atoms with Gasteiger partial charge in [0.1, 0.15) is 0 Å². The van der Waals surface area contributed by atoms with Gasteiger partial charge in [0, 0.05) is 10.6 Å². The van der Waals surface area contributed by atoms with Crippen molar-refractivity contribution in [1.82, 2.24) is 0 Å². The summed E-state index contributed by atoms with van der Waals surface area (Å²) in [6.07, 6.45) is 8.35. The summed E-state index contributed by atoms with van der Waals surface area (Å²) in [7, 11) is 0. The van der Waals surface area contributed by atoms with E-state index in [4.69, 9.17) is 0 Å². The fraction of sp³-hybridized carbons (Fsp3) is 0.857. The Morgan fingerprint density at radius 2 is 1.09 bits per heavy atom. The van der Waals surface area contributed by atoms with Crippen LogP contribution in [0.15, 0.2) is 20.8 Å². The van der Waals surface area contributed by atoms with Gasteiger partial charge in [-0.15, -0.1) is 0 Å². The Hall–Kier alpha value is -1.86. The molecule has 0 radical (unpaired) electrons. The maximum atomic E-state index is 11.1. The second kappa shape index (κ2) is 15.5. The topological polar surface area (TPSA) is 102 Å². The van der Waals surface area contributed by atoms with Gasteiger partial charge in [0.15, 0.2) is 0 Å². The van der Waals surface area contributed by atoms with Crippen LogP contribution in [0.25, 0.3) is 0 Å². The van der Waals surface area contributed by atoms with Crippen LogP contribution in [0.2, 0.25) is 0 Å². The van der Waals surface area contributed by atoms with Crippen molar-refractivity contribution in [2.24, 2.45) is 20.8 Å². The first kappa shape index (κ1) is 20.1. The lowest BCUT2D eigenvalue weighted by Gasteiger charge is -1.95. The molecule has 0 amide bonds. The van der Waals surface area contributed by atoms with E-state index in [1.807, 2.05) is 0 Å². The lowest BCUT2D eigenvalue weighted by molar-refractivity contribution is -0.169. The van der Waals surface area contributed by atoms with Crippen LogP contribution in [0, 0.1) is 0 Å². The Kier molecular flexibility index (Phi) is 14.2. The quantitative estimate of drug-likeness (QED) is 0.235. The third-order valence-electron chi connectivity index (χ3n) is 2.75. The first-order valence-electron chi connectivity index (χ1n) is 7.88. The van der Waals surface area contributed by atoms with Crippen LogP contribution in [0.5, 0.6) is 0 Å². The van der Waals surface area contributed by atoms with Crippen LogP contribution >= 0.6 is 0 Å². The molecule has 0 unspecified atom stereocenters. The summed E-state index contributed by atoms with van der Waals surface area (Å²) in [6, 6.07) is 0. The standard InChI is InChI=1S/C14H26N4O4/c1-3-5-7-9-11-15-17-21-13(19)14(20)22-18-16-12-10-8-6-4-2/h3-12H2,1-2H3. The molecule has 0 rings (SSSR count). The molecular weight excluding hydrogens is 288 g/mol. The number of carbonyl (C=O) groups is 2. The summed E-state index contributed by atoms with van der Waals surface area (Å²) in [6.45, 7) is 5.13. The van der Waals surface area contributed by atoms with Crippen molar-refractivity contribution in [3.63, 3.8) is 0 Å². The van der Waals surface area contributed by atoms with Gasteiger partial charge >= 0.3 is 11.9 Å². The molecule has 0 bridgehead atoms. The second-order valence-corrected chi connectivity index (χ2v) is 4.77. The third kappa shape index (κ3) is 13.1. The van der Waals surface area contributed by atoms with E-state index in [0.29, 0.717) is 13.1 Å². The molecule has 0 fully saturated rings. The van der Waals surface area contributed by atoms with Crippen molar-refractivity contribution in [3.05, 3.63) is 0 Å². The van der Waals surface area contributed by atoms with Crippen LogP contribution in [-0.4, -0.2) is 25.0 Å². The zero-order chi connectivity index (χ0) is 16.5. The molecule has 0 aromatic rings. The van der Waals surface area contributed by atoms with E-state index in [1.54, 1.807) is 0 Å². The molecule has 22 heavy (non-hydrogen) atoms. The van der Waals surface area contributed by atoms with E-state index in [1.165, 1.54) is 0 Å². The van der Waals surface area contributed by atoms with Crippen molar-refractivity contribution in [2.45, 2.75) is 65.2 Å². The van der Waals surface area contributed by atoms with Gasteiger partial charge < -0.3 is 0 Å². The monoisotopic (exact) mass is 314 g/mol. The van der Waals surface area contributed by atoms with Gasteiger partial charge in [-0.3, -0.25) is 9.68 Å². The highest BCUT2D eigenvalue weighted by atomic mass is 16.7. The number of unbranched alkanes of at least 4 members (excludes halogenated alkanes) is 6. The molecule has 126 valence electrons. The van der Waals surface area contributed by atoms with Gasteiger partial charge in [-0.25, -0.2) is 9.59 Å². The lowest BCUT2D eigenvalue weighted by Crippen LogP contribution is -2.15. The Balaban J connectivity index is 3.63. The molecule has 0 saturated carbocycles. The minimum absolute atomic E-state index is 0.458. The molecule has 0 aliphatic rings. The van der Waals surface area contributed by atoms with E-state index >= 15 is 0 Å². The summed E-state index contributed by atoms with van der Waals surface area (Å²) < 4.78 is 0. The van der Waals surface area contributed by atoms with Crippen LogP contribution in [0.1, 0.15) is 65.2 Å². The van der Waals surface area contributed by atoms with Gasteiger partial charge in [-0.05, 0) is 12.8 Å². The molecule has 8 nitrogen and oxygen atoms in total. The summed E-state index contributed by atoms with van der Waals surface area (Å²) in [4.78, 5) is 30.8. The second-order valence-electron chi connectivity index (χ2n) is 4.77. The summed E-state index contributed by atoms with van der Waals surface area (Å²) in [5.41, 5.74) is 0. The Bertz CT molecular complexity index is 325. The SMILES string of the molecule is CCCCCCN=NOC(=O)C(=O)ON=NCCCCCC. The molecule has 0 aliphatic heterocycles. The predicted molar refractivity (Wildman–Crippen MR) is 79.9 cm³/mol. The van der Waals surface area contributed by atoms with Gasteiger partial charge in [0.05, 0.1) is 13.1 Å². The van der Waals surface area contributed by atoms with Gasteiger partial charge in [-0.2, -0.15) is 10.2 Å². The summed E-state index contributed by atoms with van der Waals surface area (Å²) in [5, 5.41) is 13.6. The van der Waals surface area contributed by atoms with Crippen LogP contribution in [0.3, 0.4) is 0 Å². The van der Waals surface area contributed by atoms with Crippen molar-refractivity contribution < 1.29 is 19.3 Å². The summed E-state index contributed by atoms with van der Waals surface area (Å²) >= 11 is 0. The molecule has 8 heteroatoms. The number of carbonyl (C=O) groups excluding carboxylic acids is 2. The minimum atomic E-state index is -1.26. The van der Waals surface area contributed by atoms with E-state index < -0.39 is 11.9 Å². The molecular formula is C14H26N4O4. The maximum Gasteiger partial charge on any atom is 0.447 e. The normalized spacial score (nSPS) is 11.2. The van der Waals surface area contributed by atoms with Crippen molar-refractivity contribution in [2.75, 3.05) is 13.1 Å². The first-order valence-corrected chi connectivity index (χ1v) is 7.88. The zero-order valence-electron chi connectivity index (χ0n) is 13.5. The van der Waals surface area contributed by atoms with Gasteiger partial charge in [0.2, 0.25) is 0 Å². The fourth-order valence-electron chi connectivity index (χ4n) is 1.51. The maximum absolute atomic E-state index is 11.1. The molecule has 0 saturated heterocycles. The Morgan fingerprint density at radius 1 is 0.682 bits per heavy atom. The fourth-order valence-corrected chi connectivity index (χ4v) is 1.51. The summed E-state index contributed by atoms with van der Waals surface area (Å²) in [5.74, 6) is -2.52. The molecule has 0 atom stereocenters. The van der Waals surface area contributed by atoms with E-state index in [-0.39, 0.29) is 0 Å². The number of hydrogen-bond donors (Lipinski definition) is 0. The third-order valence-corrected chi connectivity index (χ3v) is 2.75. The predicted octanol–water partition coefficient (Wildman–Crippen LogP) is 3.97. The number of hydrogen-bond acceptors (Lipinski definition) is 8. The molecule has 0 spiro atoms. The molecule has 0 aliphatic carbocycles. The average molecular weight is 314 g/mol. The zero-order valence-corrected chi connectivity index (χ0v) is 13.5. The van der Waals surface area contributed by atoms with Gasteiger partial charge in [-0.1, -0.05) is 52.4 Å². The van der Waals surface area contributed by atoms with Crippen LogP contribution < -0.4 is 0 Å². The van der Waals surface area contributed by atoms with Crippen LogP contribution in [0.4, 0.5) is 0 Å². The Labute approximate surface area is 131 Å². The Morgan fingerprint density at radius 3 is 1.45 bits per heavy atom. The highest BCUT2D eigenvalue weighted by molar-refractivity contribution is 6.29. The molecule has 0 aromatic carbocycles. The number of rotatable bonds is 12. The van der Waals surface area contributed by atoms with Gasteiger partial charge in [0.25, 0.3) is 0 Å². The first-order chi connectivity index (χ1) is 10.7. The lowest BCUT2D eigenvalue weighted by atomic mass is 10.2. The van der Waals surface area contributed by atoms with E-state index in [2.05, 4.69) is 44.3 Å². The minimum Gasteiger partial charge on any atom is -0.287 e. The molecule has 0 heterocycles. The number of nitrogens with zero attached hydrogens (tertiary/aromatic N) is 4. The average Bonchev–Trinajstić information content (AvgIpc) is 2.52. The van der Waals surface area contributed by atoms with E-state index in [9.17, 15) is 9.59 Å². The largest absolute Gasteiger partial charge is 0.447 e.